The van der Waals surface area contributed by atoms with E-state index in [0.717, 1.165) is 5.92 Å². The van der Waals surface area contributed by atoms with Crippen LogP contribution in [0.2, 0.25) is 0 Å². The molecule has 1 fully saturated rings. The van der Waals surface area contributed by atoms with Gasteiger partial charge in [0.1, 0.15) is 0 Å². The van der Waals surface area contributed by atoms with Crippen molar-refractivity contribution in [3.05, 3.63) is 30.3 Å². The van der Waals surface area contributed by atoms with Crippen LogP contribution in [0.5, 0.6) is 0 Å². The quantitative estimate of drug-likeness (QED) is 0.828. The number of nitrogens with one attached hydrogen (secondary N) is 1. The average molecular weight is 246 g/mol. The summed E-state index contributed by atoms with van der Waals surface area (Å²) >= 11 is 0. The third-order valence-electron chi connectivity index (χ3n) is 3.78. The average Bonchev–Trinajstić information content (AvgIpc) is 2.45. The molecule has 1 aromatic carbocycles. The van der Waals surface area contributed by atoms with Crippen LogP contribution >= 0.6 is 0 Å². The zero-order valence-electron chi connectivity index (χ0n) is 11.6. The summed E-state index contributed by atoms with van der Waals surface area (Å²) in [5.41, 5.74) is 1.39. The molecule has 18 heavy (non-hydrogen) atoms. The molecule has 0 bridgehead atoms. The summed E-state index contributed by atoms with van der Waals surface area (Å²) in [7, 11) is 0. The summed E-state index contributed by atoms with van der Waals surface area (Å²) in [5.74, 6) is 0.816. The molecule has 1 heterocycles. The van der Waals surface area contributed by atoms with Gasteiger partial charge in [-0.3, -0.25) is 0 Å². The zero-order chi connectivity index (χ0) is 12.6. The van der Waals surface area contributed by atoms with E-state index in [2.05, 4.69) is 47.5 Å². The Labute approximate surface area is 111 Å². The van der Waals surface area contributed by atoms with E-state index in [0.29, 0.717) is 0 Å². The number of benzene rings is 1. The molecule has 0 amide bonds. The molecule has 0 aromatic heterocycles. The lowest BCUT2D eigenvalue weighted by atomic mass is 9.98. The molecule has 1 aliphatic rings. The summed E-state index contributed by atoms with van der Waals surface area (Å²) in [6.45, 7) is 7.06. The predicted molar refractivity (Wildman–Crippen MR) is 79.2 cm³/mol. The normalized spacial score (nSPS) is 19.7. The molecule has 2 nitrogen and oxygen atoms in total. The Kier molecular flexibility index (Phi) is 5.53. The molecule has 0 spiro atoms. The van der Waals surface area contributed by atoms with Crippen LogP contribution < -0.4 is 10.2 Å². The van der Waals surface area contributed by atoms with Gasteiger partial charge in [0.05, 0.1) is 0 Å². The van der Waals surface area contributed by atoms with Gasteiger partial charge >= 0.3 is 0 Å². The van der Waals surface area contributed by atoms with Crippen LogP contribution in [-0.2, 0) is 0 Å². The molecule has 2 heteroatoms. The minimum absolute atomic E-state index is 0.816. The number of rotatable bonds is 6. The fourth-order valence-electron chi connectivity index (χ4n) is 2.71. The third kappa shape index (κ3) is 4.02. The van der Waals surface area contributed by atoms with Crippen LogP contribution in [0.3, 0.4) is 0 Å². The Hall–Kier alpha value is -1.02. The second kappa shape index (κ2) is 7.42. The van der Waals surface area contributed by atoms with Crippen molar-refractivity contribution in [1.82, 2.24) is 5.32 Å². The molecule has 100 valence electrons. The second-order valence-corrected chi connectivity index (χ2v) is 5.35. The Bertz CT molecular complexity index is 317. The molecule has 0 aliphatic carbocycles. The maximum absolute atomic E-state index is 3.52. The number of nitrogens with zero attached hydrogens (tertiary/aromatic N) is 1. The lowest BCUT2D eigenvalue weighted by Crippen LogP contribution is -2.38. The standard InChI is InChI=1S/C16H26N2/c1-2-3-12-18(16-9-5-4-6-10-16)14-15-8-7-11-17-13-15/h4-6,9-10,15,17H,2-3,7-8,11-14H2,1H3/t15-/m0/s1. The van der Waals surface area contributed by atoms with Crippen LogP contribution in [0.4, 0.5) is 5.69 Å². The van der Waals surface area contributed by atoms with Crippen molar-refractivity contribution in [1.29, 1.82) is 0 Å². The van der Waals surface area contributed by atoms with Crippen molar-refractivity contribution in [2.24, 2.45) is 5.92 Å². The highest BCUT2D eigenvalue weighted by atomic mass is 15.1. The van der Waals surface area contributed by atoms with Crippen molar-refractivity contribution in [2.75, 3.05) is 31.1 Å². The molecule has 0 radical (unpaired) electrons. The highest BCUT2D eigenvalue weighted by molar-refractivity contribution is 5.45. The topological polar surface area (TPSA) is 15.3 Å². The summed E-state index contributed by atoms with van der Waals surface area (Å²) in [4.78, 5) is 2.57. The molecule has 2 rings (SSSR count). The fraction of sp³-hybridized carbons (Fsp3) is 0.625. The highest BCUT2D eigenvalue weighted by Gasteiger charge is 2.16. The van der Waals surface area contributed by atoms with E-state index < -0.39 is 0 Å². The van der Waals surface area contributed by atoms with Crippen molar-refractivity contribution in [3.8, 4) is 0 Å². The first-order chi connectivity index (χ1) is 8.90. The zero-order valence-corrected chi connectivity index (χ0v) is 11.6. The Morgan fingerprint density at radius 1 is 1.28 bits per heavy atom. The summed E-state index contributed by atoms with van der Waals surface area (Å²) < 4.78 is 0. The molecule has 1 atom stereocenters. The third-order valence-corrected chi connectivity index (χ3v) is 3.78. The van der Waals surface area contributed by atoms with E-state index in [1.165, 1.54) is 57.5 Å². The van der Waals surface area contributed by atoms with Gasteiger partial charge < -0.3 is 10.2 Å². The van der Waals surface area contributed by atoms with Gasteiger partial charge in [0, 0.05) is 18.8 Å². The first-order valence-electron chi connectivity index (χ1n) is 7.41. The molecular weight excluding hydrogens is 220 g/mol. The summed E-state index contributed by atoms with van der Waals surface area (Å²) in [5, 5.41) is 3.52. The number of hydrogen-bond donors (Lipinski definition) is 1. The summed E-state index contributed by atoms with van der Waals surface area (Å²) in [6, 6.07) is 10.9. The molecule has 0 saturated carbocycles. The van der Waals surface area contributed by atoms with Gasteiger partial charge in [0.25, 0.3) is 0 Å². The van der Waals surface area contributed by atoms with E-state index in [-0.39, 0.29) is 0 Å². The van der Waals surface area contributed by atoms with Crippen LogP contribution in [0.15, 0.2) is 30.3 Å². The molecular formula is C16H26N2. The largest absolute Gasteiger partial charge is 0.371 e. The van der Waals surface area contributed by atoms with Crippen molar-refractivity contribution >= 4 is 5.69 Å². The summed E-state index contributed by atoms with van der Waals surface area (Å²) in [6.07, 6.45) is 5.27. The first kappa shape index (κ1) is 13.4. The van der Waals surface area contributed by atoms with Gasteiger partial charge in [0.2, 0.25) is 0 Å². The number of anilines is 1. The van der Waals surface area contributed by atoms with E-state index in [9.17, 15) is 0 Å². The SMILES string of the molecule is CCCCN(C[C@H]1CCCNC1)c1ccccc1. The Morgan fingerprint density at radius 3 is 2.78 bits per heavy atom. The number of unbranched alkanes of at least 4 members (excludes halogenated alkanes) is 1. The fourth-order valence-corrected chi connectivity index (χ4v) is 2.71. The van der Waals surface area contributed by atoms with Gasteiger partial charge in [-0.05, 0) is 50.4 Å². The van der Waals surface area contributed by atoms with E-state index in [1.807, 2.05) is 0 Å². The van der Waals surface area contributed by atoms with Gasteiger partial charge in [0.15, 0.2) is 0 Å². The van der Waals surface area contributed by atoms with Crippen LogP contribution in [0.25, 0.3) is 0 Å². The number of hydrogen-bond acceptors (Lipinski definition) is 2. The predicted octanol–water partition coefficient (Wildman–Crippen LogP) is 3.29. The molecule has 1 saturated heterocycles. The van der Waals surface area contributed by atoms with Gasteiger partial charge in [-0.25, -0.2) is 0 Å². The minimum Gasteiger partial charge on any atom is -0.371 e. The molecule has 0 unspecified atom stereocenters. The number of piperidine rings is 1. The van der Waals surface area contributed by atoms with Crippen LogP contribution in [0, 0.1) is 5.92 Å². The first-order valence-corrected chi connectivity index (χ1v) is 7.41. The van der Waals surface area contributed by atoms with Crippen LogP contribution in [0.1, 0.15) is 32.6 Å². The highest BCUT2D eigenvalue weighted by Crippen LogP contribution is 2.19. The molecule has 1 aliphatic heterocycles. The Morgan fingerprint density at radius 2 is 2.11 bits per heavy atom. The molecule has 1 aromatic rings. The van der Waals surface area contributed by atoms with Crippen LogP contribution in [-0.4, -0.2) is 26.2 Å². The van der Waals surface area contributed by atoms with Gasteiger partial charge in [-0.1, -0.05) is 31.5 Å². The molecule has 1 N–H and O–H groups in total. The minimum atomic E-state index is 0.816. The van der Waals surface area contributed by atoms with Gasteiger partial charge in [-0.15, -0.1) is 0 Å². The maximum atomic E-state index is 3.52. The smallest absolute Gasteiger partial charge is 0.0366 e. The second-order valence-electron chi connectivity index (χ2n) is 5.35. The monoisotopic (exact) mass is 246 g/mol. The number of para-hydroxylation sites is 1. The van der Waals surface area contributed by atoms with Crippen molar-refractivity contribution < 1.29 is 0 Å². The van der Waals surface area contributed by atoms with Crippen molar-refractivity contribution in [3.63, 3.8) is 0 Å². The van der Waals surface area contributed by atoms with E-state index >= 15 is 0 Å². The Balaban J connectivity index is 1.95. The maximum Gasteiger partial charge on any atom is 0.0366 e. The lowest BCUT2D eigenvalue weighted by molar-refractivity contribution is 0.376. The van der Waals surface area contributed by atoms with E-state index in [4.69, 9.17) is 0 Å². The van der Waals surface area contributed by atoms with Crippen molar-refractivity contribution in [2.45, 2.75) is 32.6 Å². The van der Waals surface area contributed by atoms with Gasteiger partial charge in [-0.2, -0.15) is 0 Å². The van der Waals surface area contributed by atoms with E-state index in [1.54, 1.807) is 0 Å². The lowest BCUT2D eigenvalue weighted by Gasteiger charge is -2.31.